The van der Waals surface area contributed by atoms with Gasteiger partial charge in [0.05, 0.1) is 15.1 Å². The highest BCUT2D eigenvalue weighted by molar-refractivity contribution is 7.16. The monoisotopic (exact) mass is 224 g/mol. The molecule has 0 spiro atoms. The Morgan fingerprint density at radius 2 is 2.33 bits per heavy atom. The van der Waals surface area contributed by atoms with Crippen LogP contribution in [0.2, 0.25) is 0 Å². The fourth-order valence-corrected chi connectivity index (χ4v) is 2.27. The van der Waals surface area contributed by atoms with E-state index in [1.54, 1.807) is 17.7 Å². The minimum atomic E-state index is -0.420. The quantitative estimate of drug-likeness (QED) is 0.444. The van der Waals surface area contributed by atoms with Crippen molar-refractivity contribution in [1.29, 1.82) is 0 Å². The predicted octanol–water partition coefficient (Wildman–Crippen LogP) is 0.922. The molecule has 0 unspecified atom stereocenters. The molecule has 0 saturated carbocycles. The van der Waals surface area contributed by atoms with Gasteiger partial charge in [-0.1, -0.05) is 11.3 Å². The van der Waals surface area contributed by atoms with Crippen molar-refractivity contribution in [2.45, 2.75) is 0 Å². The van der Waals surface area contributed by atoms with Gasteiger partial charge in [0.1, 0.15) is 0 Å². The summed E-state index contributed by atoms with van der Waals surface area (Å²) in [5.74, 6) is 5.19. The number of non-ortho nitro benzene ring substituents is 1. The molecular weight excluding hydrogens is 216 g/mol. The molecule has 1 heterocycles. The van der Waals surface area contributed by atoms with Gasteiger partial charge >= 0.3 is 0 Å². The summed E-state index contributed by atoms with van der Waals surface area (Å²) < 4.78 is 2.65. The van der Waals surface area contributed by atoms with Crippen LogP contribution in [0.25, 0.3) is 10.2 Å². The van der Waals surface area contributed by atoms with Crippen LogP contribution in [0.5, 0.6) is 0 Å². The zero-order valence-electron chi connectivity index (χ0n) is 7.88. The van der Waals surface area contributed by atoms with Gasteiger partial charge in [-0.15, -0.1) is 0 Å². The van der Waals surface area contributed by atoms with Crippen LogP contribution >= 0.6 is 11.3 Å². The zero-order valence-corrected chi connectivity index (χ0v) is 8.69. The average Bonchev–Trinajstić information content (AvgIpc) is 2.55. The smallest absolute Gasteiger partial charge is 0.271 e. The van der Waals surface area contributed by atoms with E-state index < -0.39 is 4.92 Å². The van der Waals surface area contributed by atoms with Gasteiger partial charge in [-0.3, -0.25) is 10.1 Å². The van der Waals surface area contributed by atoms with Crippen LogP contribution in [0.15, 0.2) is 23.3 Å². The summed E-state index contributed by atoms with van der Waals surface area (Å²) in [6, 6.07) is 4.69. The fourth-order valence-electron chi connectivity index (χ4n) is 1.35. The maximum Gasteiger partial charge on any atom is 0.271 e. The molecule has 1 aromatic carbocycles. The number of aromatic nitrogens is 1. The van der Waals surface area contributed by atoms with E-state index in [4.69, 9.17) is 5.84 Å². The molecule has 2 N–H and O–H groups in total. The van der Waals surface area contributed by atoms with Gasteiger partial charge in [-0.05, 0) is 6.07 Å². The van der Waals surface area contributed by atoms with Crippen molar-refractivity contribution in [2.75, 3.05) is 0 Å². The lowest BCUT2D eigenvalue weighted by Gasteiger charge is -1.94. The lowest BCUT2D eigenvalue weighted by Crippen LogP contribution is -2.12. The number of benzene rings is 1. The third kappa shape index (κ3) is 1.46. The van der Waals surface area contributed by atoms with Crippen LogP contribution in [0.4, 0.5) is 5.69 Å². The van der Waals surface area contributed by atoms with Gasteiger partial charge in [-0.25, -0.2) is 0 Å². The van der Waals surface area contributed by atoms with Crippen molar-refractivity contribution in [3.8, 4) is 0 Å². The summed E-state index contributed by atoms with van der Waals surface area (Å²) in [5, 5.41) is 14.2. The number of aryl methyl sites for hydroxylation is 1. The maximum absolute atomic E-state index is 10.6. The highest BCUT2D eigenvalue weighted by atomic mass is 32.1. The van der Waals surface area contributed by atoms with Crippen molar-refractivity contribution in [3.05, 3.63) is 33.1 Å². The van der Waals surface area contributed by atoms with Gasteiger partial charge in [0.2, 0.25) is 4.80 Å². The molecule has 0 aliphatic rings. The SMILES string of the molecule is Cn1c(=NN)sc2ccc([N+](=O)[O-])cc21. The van der Waals surface area contributed by atoms with Gasteiger partial charge < -0.3 is 10.4 Å². The molecule has 0 aliphatic carbocycles. The highest BCUT2D eigenvalue weighted by Gasteiger charge is 2.09. The van der Waals surface area contributed by atoms with Gasteiger partial charge in [-0.2, -0.15) is 5.10 Å². The Balaban J connectivity index is 2.81. The first-order chi connectivity index (χ1) is 7.13. The summed E-state index contributed by atoms with van der Waals surface area (Å²) in [5.41, 5.74) is 0.831. The Morgan fingerprint density at radius 3 is 2.93 bits per heavy atom. The Kier molecular flexibility index (Phi) is 2.16. The van der Waals surface area contributed by atoms with E-state index in [0.29, 0.717) is 4.80 Å². The molecule has 2 rings (SSSR count). The molecule has 1 aromatic heterocycles. The van der Waals surface area contributed by atoms with E-state index in [2.05, 4.69) is 5.10 Å². The van der Waals surface area contributed by atoms with Crippen LogP contribution in [-0.2, 0) is 7.05 Å². The molecule has 0 saturated heterocycles. The van der Waals surface area contributed by atoms with E-state index in [9.17, 15) is 10.1 Å². The van der Waals surface area contributed by atoms with Crippen LogP contribution in [0.3, 0.4) is 0 Å². The Bertz CT molecular complexity index is 598. The van der Waals surface area contributed by atoms with Gasteiger partial charge in [0, 0.05) is 19.2 Å². The zero-order chi connectivity index (χ0) is 11.0. The first-order valence-corrected chi connectivity index (χ1v) is 4.93. The molecular formula is C8H8N4O2S. The molecule has 0 aliphatic heterocycles. The van der Waals surface area contributed by atoms with E-state index in [1.165, 1.54) is 23.5 Å². The van der Waals surface area contributed by atoms with Crippen molar-refractivity contribution >= 4 is 27.2 Å². The summed E-state index contributed by atoms with van der Waals surface area (Å²) in [6.07, 6.45) is 0. The number of nitrogens with zero attached hydrogens (tertiary/aromatic N) is 3. The molecule has 2 aromatic rings. The summed E-state index contributed by atoms with van der Waals surface area (Å²) in [6.45, 7) is 0. The van der Waals surface area contributed by atoms with Crippen LogP contribution < -0.4 is 10.6 Å². The van der Waals surface area contributed by atoms with Crippen LogP contribution in [0, 0.1) is 10.1 Å². The Labute approximate surface area is 88.4 Å². The minimum absolute atomic E-state index is 0.0690. The number of rotatable bonds is 1. The first-order valence-electron chi connectivity index (χ1n) is 4.11. The lowest BCUT2D eigenvalue weighted by atomic mass is 10.3. The number of hydrogen-bond acceptors (Lipinski definition) is 5. The van der Waals surface area contributed by atoms with Crippen molar-refractivity contribution in [3.63, 3.8) is 0 Å². The molecule has 0 fully saturated rings. The topological polar surface area (TPSA) is 86.5 Å². The molecule has 0 amide bonds. The third-order valence-electron chi connectivity index (χ3n) is 2.11. The number of nitro benzene ring substituents is 1. The average molecular weight is 224 g/mol. The number of fused-ring (bicyclic) bond motifs is 1. The molecule has 78 valence electrons. The number of nitro groups is 1. The van der Waals surface area contributed by atoms with E-state index in [0.717, 1.165) is 10.2 Å². The van der Waals surface area contributed by atoms with Crippen LogP contribution in [0.1, 0.15) is 0 Å². The van der Waals surface area contributed by atoms with Crippen LogP contribution in [-0.4, -0.2) is 9.49 Å². The van der Waals surface area contributed by atoms with Gasteiger partial charge in [0.25, 0.3) is 5.69 Å². The van der Waals surface area contributed by atoms with E-state index >= 15 is 0 Å². The standard InChI is InChI=1S/C8H8N4O2S/c1-11-6-4-5(12(13)14)2-3-7(6)15-8(11)10-9/h2-4H,9H2,1H3. The number of hydrogen-bond donors (Lipinski definition) is 1. The molecule has 0 radical (unpaired) electrons. The largest absolute Gasteiger partial charge is 0.320 e. The van der Waals surface area contributed by atoms with E-state index in [-0.39, 0.29) is 5.69 Å². The maximum atomic E-state index is 10.6. The Morgan fingerprint density at radius 1 is 1.60 bits per heavy atom. The first kappa shape index (κ1) is 9.66. The predicted molar refractivity (Wildman–Crippen MR) is 57.2 cm³/mol. The number of nitrogens with two attached hydrogens (primary N) is 1. The fraction of sp³-hybridized carbons (Fsp3) is 0.125. The normalized spacial score (nSPS) is 12.2. The molecule has 0 atom stereocenters. The summed E-state index contributed by atoms with van der Waals surface area (Å²) in [7, 11) is 1.77. The molecule has 6 nitrogen and oxygen atoms in total. The third-order valence-corrected chi connectivity index (χ3v) is 3.24. The second-order valence-corrected chi connectivity index (χ2v) is 3.99. The van der Waals surface area contributed by atoms with Crippen molar-refractivity contribution < 1.29 is 4.92 Å². The second kappa shape index (κ2) is 3.35. The van der Waals surface area contributed by atoms with Gasteiger partial charge in [0.15, 0.2) is 0 Å². The Hall–Kier alpha value is -1.89. The lowest BCUT2D eigenvalue weighted by molar-refractivity contribution is -0.384. The number of thiazole rings is 1. The van der Waals surface area contributed by atoms with E-state index in [1.807, 2.05) is 0 Å². The summed E-state index contributed by atoms with van der Waals surface area (Å²) in [4.78, 5) is 10.8. The summed E-state index contributed by atoms with van der Waals surface area (Å²) >= 11 is 1.39. The van der Waals surface area contributed by atoms with Crippen molar-refractivity contribution in [1.82, 2.24) is 4.57 Å². The molecule has 7 heteroatoms. The second-order valence-electron chi connectivity index (χ2n) is 2.98. The molecule has 15 heavy (non-hydrogen) atoms. The molecule has 0 bridgehead atoms. The highest BCUT2D eigenvalue weighted by Crippen LogP contribution is 2.21. The van der Waals surface area contributed by atoms with Crippen molar-refractivity contribution in [2.24, 2.45) is 18.0 Å². The minimum Gasteiger partial charge on any atom is -0.320 e.